The first-order chi connectivity index (χ1) is 9.76. The van der Waals surface area contributed by atoms with Crippen molar-refractivity contribution in [3.8, 4) is 0 Å². The molecule has 0 aliphatic rings. The van der Waals surface area contributed by atoms with Crippen LogP contribution >= 0.6 is 11.8 Å². The van der Waals surface area contributed by atoms with Crippen LogP contribution in [0.15, 0.2) is 46.6 Å². The standard InChI is InChI=1S/C14H13FN4S/c1-2-16-14-17-8-10(15)13(19-14)20-12-7-9-5-3-4-6-11(9)18-12/h3-8,18H,2H2,1H3,(H,16,17,19). The highest BCUT2D eigenvalue weighted by molar-refractivity contribution is 7.99. The number of anilines is 1. The lowest BCUT2D eigenvalue weighted by Gasteiger charge is -2.04. The third kappa shape index (κ3) is 2.60. The maximum Gasteiger partial charge on any atom is 0.223 e. The van der Waals surface area contributed by atoms with Crippen molar-refractivity contribution in [1.82, 2.24) is 15.0 Å². The van der Waals surface area contributed by atoms with Crippen LogP contribution < -0.4 is 5.32 Å². The Balaban J connectivity index is 1.91. The van der Waals surface area contributed by atoms with Gasteiger partial charge in [-0.25, -0.2) is 14.4 Å². The number of nitrogens with one attached hydrogen (secondary N) is 2. The molecule has 3 aromatic rings. The highest BCUT2D eigenvalue weighted by Crippen LogP contribution is 2.30. The van der Waals surface area contributed by atoms with Crippen LogP contribution in [0.4, 0.5) is 10.3 Å². The molecule has 0 saturated heterocycles. The Morgan fingerprint density at radius 1 is 1.35 bits per heavy atom. The van der Waals surface area contributed by atoms with E-state index in [2.05, 4.69) is 20.3 Å². The van der Waals surface area contributed by atoms with Crippen molar-refractivity contribution >= 4 is 28.6 Å². The average molecular weight is 288 g/mol. The van der Waals surface area contributed by atoms with Gasteiger partial charge in [-0.1, -0.05) is 18.2 Å². The van der Waals surface area contributed by atoms with Crippen LogP contribution in [0.2, 0.25) is 0 Å². The average Bonchev–Trinajstić information content (AvgIpc) is 2.85. The fraction of sp³-hybridized carbons (Fsp3) is 0.143. The molecule has 0 fully saturated rings. The van der Waals surface area contributed by atoms with Gasteiger partial charge >= 0.3 is 0 Å². The number of fused-ring (bicyclic) bond motifs is 1. The van der Waals surface area contributed by atoms with Crippen LogP contribution in [0.25, 0.3) is 10.9 Å². The van der Waals surface area contributed by atoms with Gasteiger partial charge in [-0.3, -0.25) is 0 Å². The minimum absolute atomic E-state index is 0.308. The van der Waals surface area contributed by atoms with Crippen LogP contribution in [0.3, 0.4) is 0 Å². The normalized spacial score (nSPS) is 10.9. The smallest absolute Gasteiger partial charge is 0.223 e. The van der Waals surface area contributed by atoms with Gasteiger partial charge in [0.15, 0.2) is 5.82 Å². The monoisotopic (exact) mass is 288 g/mol. The fourth-order valence-corrected chi connectivity index (χ4v) is 2.71. The predicted molar refractivity (Wildman–Crippen MR) is 78.6 cm³/mol. The molecule has 2 aromatic heterocycles. The second-order valence-corrected chi connectivity index (χ2v) is 5.23. The summed E-state index contributed by atoms with van der Waals surface area (Å²) in [6.45, 7) is 2.64. The number of benzene rings is 1. The van der Waals surface area contributed by atoms with E-state index in [0.717, 1.165) is 15.9 Å². The Morgan fingerprint density at radius 3 is 3.00 bits per heavy atom. The predicted octanol–water partition coefficient (Wildman–Crippen LogP) is 3.68. The molecule has 4 nitrogen and oxygen atoms in total. The van der Waals surface area contributed by atoms with Gasteiger partial charge in [-0.2, -0.15) is 0 Å². The van der Waals surface area contributed by atoms with Gasteiger partial charge in [-0.05, 0) is 30.8 Å². The first kappa shape index (κ1) is 12.9. The van der Waals surface area contributed by atoms with Gasteiger partial charge in [0, 0.05) is 17.4 Å². The number of aromatic nitrogens is 3. The Bertz CT molecular complexity index is 708. The van der Waals surface area contributed by atoms with E-state index in [-0.39, 0.29) is 0 Å². The number of hydrogen-bond acceptors (Lipinski definition) is 4. The number of para-hydroxylation sites is 1. The summed E-state index contributed by atoms with van der Waals surface area (Å²) in [4.78, 5) is 11.3. The van der Waals surface area contributed by atoms with Crippen LogP contribution in [-0.2, 0) is 0 Å². The van der Waals surface area contributed by atoms with Crippen molar-refractivity contribution < 1.29 is 4.39 Å². The fourth-order valence-electron chi connectivity index (χ4n) is 1.87. The van der Waals surface area contributed by atoms with E-state index in [0.29, 0.717) is 17.5 Å². The van der Waals surface area contributed by atoms with E-state index < -0.39 is 5.82 Å². The number of aromatic amines is 1. The minimum atomic E-state index is -0.421. The molecule has 1 aromatic carbocycles. The summed E-state index contributed by atoms with van der Waals surface area (Å²) < 4.78 is 13.8. The Kier molecular flexibility index (Phi) is 3.56. The molecule has 0 aliphatic carbocycles. The first-order valence-electron chi connectivity index (χ1n) is 6.28. The minimum Gasteiger partial charge on any atom is -0.354 e. The molecule has 0 spiro atoms. The van der Waals surface area contributed by atoms with Crippen molar-refractivity contribution in [3.63, 3.8) is 0 Å². The maximum absolute atomic E-state index is 13.8. The molecule has 0 radical (unpaired) electrons. The molecule has 6 heteroatoms. The van der Waals surface area contributed by atoms with Gasteiger partial charge in [0.1, 0.15) is 5.03 Å². The largest absolute Gasteiger partial charge is 0.354 e. The Hall–Kier alpha value is -2.08. The number of hydrogen-bond donors (Lipinski definition) is 2. The van der Waals surface area contributed by atoms with E-state index in [1.165, 1.54) is 18.0 Å². The number of H-pyrrole nitrogens is 1. The van der Waals surface area contributed by atoms with Crippen LogP contribution in [-0.4, -0.2) is 21.5 Å². The van der Waals surface area contributed by atoms with Gasteiger partial charge in [0.25, 0.3) is 0 Å². The topological polar surface area (TPSA) is 53.6 Å². The highest BCUT2D eigenvalue weighted by Gasteiger charge is 2.10. The number of nitrogens with zero attached hydrogens (tertiary/aromatic N) is 2. The molecule has 102 valence electrons. The lowest BCUT2D eigenvalue weighted by Crippen LogP contribution is -2.03. The van der Waals surface area contributed by atoms with E-state index in [4.69, 9.17) is 0 Å². The zero-order chi connectivity index (χ0) is 13.9. The van der Waals surface area contributed by atoms with Gasteiger partial charge in [0.2, 0.25) is 5.95 Å². The SMILES string of the molecule is CCNc1ncc(F)c(Sc2cc3ccccc3[nH]2)n1. The Morgan fingerprint density at radius 2 is 2.20 bits per heavy atom. The summed E-state index contributed by atoms with van der Waals surface area (Å²) in [7, 11) is 0. The molecule has 3 rings (SSSR count). The molecular formula is C14H13FN4S. The molecule has 2 N–H and O–H groups in total. The quantitative estimate of drug-likeness (QED) is 0.719. The molecule has 0 bridgehead atoms. The van der Waals surface area contributed by atoms with Crippen molar-refractivity contribution in [2.75, 3.05) is 11.9 Å². The highest BCUT2D eigenvalue weighted by atomic mass is 32.2. The van der Waals surface area contributed by atoms with E-state index >= 15 is 0 Å². The molecule has 0 unspecified atom stereocenters. The third-order valence-electron chi connectivity index (χ3n) is 2.76. The molecule has 2 heterocycles. The summed E-state index contributed by atoms with van der Waals surface area (Å²) in [5.41, 5.74) is 1.02. The summed E-state index contributed by atoms with van der Waals surface area (Å²) in [5.74, 6) is 0.0165. The van der Waals surface area contributed by atoms with Crippen LogP contribution in [0.1, 0.15) is 6.92 Å². The van der Waals surface area contributed by atoms with Gasteiger partial charge < -0.3 is 10.3 Å². The maximum atomic E-state index is 13.8. The van der Waals surface area contributed by atoms with E-state index in [1.807, 2.05) is 37.3 Å². The third-order valence-corrected chi connectivity index (χ3v) is 3.68. The molecule has 0 amide bonds. The van der Waals surface area contributed by atoms with Crippen molar-refractivity contribution in [1.29, 1.82) is 0 Å². The molecular weight excluding hydrogens is 275 g/mol. The van der Waals surface area contributed by atoms with Crippen molar-refractivity contribution in [2.45, 2.75) is 17.0 Å². The zero-order valence-electron chi connectivity index (χ0n) is 10.9. The summed E-state index contributed by atoms with van der Waals surface area (Å²) >= 11 is 1.26. The number of rotatable bonds is 4. The zero-order valence-corrected chi connectivity index (χ0v) is 11.7. The van der Waals surface area contributed by atoms with Gasteiger partial charge in [0.05, 0.1) is 11.2 Å². The lowest BCUT2D eigenvalue weighted by atomic mass is 10.3. The van der Waals surface area contributed by atoms with Crippen LogP contribution in [0.5, 0.6) is 0 Å². The summed E-state index contributed by atoms with van der Waals surface area (Å²) in [6, 6.07) is 9.91. The molecule has 0 atom stereocenters. The second-order valence-electron chi connectivity index (χ2n) is 4.20. The summed E-state index contributed by atoms with van der Waals surface area (Å²) in [5, 5.41) is 5.23. The van der Waals surface area contributed by atoms with Crippen molar-refractivity contribution in [2.24, 2.45) is 0 Å². The van der Waals surface area contributed by atoms with Crippen LogP contribution in [0, 0.1) is 5.82 Å². The van der Waals surface area contributed by atoms with E-state index in [9.17, 15) is 4.39 Å². The summed E-state index contributed by atoms with van der Waals surface area (Å²) in [6.07, 6.45) is 1.19. The Labute approximate surface area is 119 Å². The molecule has 0 aliphatic heterocycles. The first-order valence-corrected chi connectivity index (χ1v) is 7.10. The number of halogens is 1. The van der Waals surface area contributed by atoms with Crippen molar-refractivity contribution in [3.05, 3.63) is 42.3 Å². The molecule has 20 heavy (non-hydrogen) atoms. The molecule has 0 saturated carbocycles. The lowest BCUT2D eigenvalue weighted by molar-refractivity contribution is 0.580. The van der Waals surface area contributed by atoms with Gasteiger partial charge in [-0.15, -0.1) is 0 Å². The second kappa shape index (κ2) is 5.50. The van der Waals surface area contributed by atoms with E-state index in [1.54, 1.807) is 0 Å².